The summed E-state index contributed by atoms with van der Waals surface area (Å²) < 4.78 is 15.5. The Morgan fingerprint density at radius 3 is 2.88 bits per heavy atom. The lowest BCUT2D eigenvalue weighted by atomic mass is 10.0. The summed E-state index contributed by atoms with van der Waals surface area (Å²) in [7, 11) is 0. The molecule has 0 radical (unpaired) electrons. The van der Waals surface area contributed by atoms with E-state index < -0.39 is 0 Å². The van der Waals surface area contributed by atoms with Crippen LogP contribution in [0, 0.1) is 5.82 Å². The van der Waals surface area contributed by atoms with E-state index in [2.05, 4.69) is 10.1 Å². The van der Waals surface area contributed by atoms with E-state index in [1.165, 1.54) is 12.1 Å². The van der Waals surface area contributed by atoms with E-state index in [-0.39, 0.29) is 17.8 Å². The number of fused-ring (bicyclic) bond motifs is 2. The molecule has 3 aromatic rings. The van der Waals surface area contributed by atoms with Gasteiger partial charge in [0.05, 0.1) is 17.4 Å². The van der Waals surface area contributed by atoms with Crippen molar-refractivity contribution in [2.45, 2.75) is 32.7 Å². The van der Waals surface area contributed by atoms with Crippen LogP contribution in [0.25, 0.3) is 11.0 Å². The normalized spacial score (nSPS) is 14.2. The van der Waals surface area contributed by atoms with Gasteiger partial charge in [-0.05, 0) is 50.5 Å². The number of carbonyl (C=O) groups excluding carboxylic acids is 1. The zero-order valence-corrected chi connectivity index (χ0v) is 14.2. The number of rotatable bonds is 2. The summed E-state index contributed by atoms with van der Waals surface area (Å²) in [6.45, 7) is 4.65. The first-order valence-corrected chi connectivity index (χ1v) is 8.48. The summed E-state index contributed by atoms with van der Waals surface area (Å²) in [5, 5.41) is 5.16. The standard InChI is InChI=1S/C19H19FN4O/c1-12(2)24-18-14(11-22-24)8-15(10-21-18)19(25)23-7-3-4-13-5-6-16(20)9-17(13)23/h5-6,8-12H,3-4,7H2,1-2H3. The zero-order chi connectivity index (χ0) is 17.6. The summed E-state index contributed by atoms with van der Waals surface area (Å²) in [6.07, 6.45) is 5.03. The van der Waals surface area contributed by atoms with Crippen LogP contribution in [0.2, 0.25) is 0 Å². The summed E-state index contributed by atoms with van der Waals surface area (Å²) in [5.41, 5.74) is 2.92. The van der Waals surface area contributed by atoms with Gasteiger partial charge in [-0.15, -0.1) is 0 Å². The molecule has 5 nitrogen and oxygen atoms in total. The molecule has 25 heavy (non-hydrogen) atoms. The molecule has 0 spiro atoms. The lowest BCUT2D eigenvalue weighted by Gasteiger charge is -2.29. The largest absolute Gasteiger partial charge is 0.308 e. The lowest BCUT2D eigenvalue weighted by Crippen LogP contribution is -2.35. The number of aryl methyl sites for hydroxylation is 1. The van der Waals surface area contributed by atoms with E-state index in [1.54, 1.807) is 23.4 Å². The van der Waals surface area contributed by atoms with Gasteiger partial charge in [0.15, 0.2) is 5.65 Å². The summed E-state index contributed by atoms with van der Waals surface area (Å²) in [4.78, 5) is 19.1. The molecule has 0 aliphatic carbocycles. The predicted molar refractivity (Wildman–Crippen MR) is 94.3 cm³/mol. The van der Waals surface area contributed by atoms with Crippen LogP contribution in [0.1, 0.15) is 42.2 Å². The molecule has 0 saturated heterocycles. The maximum Gasteiger partial charge on any atom is 0.259 e. The molecule has 4 rings (SSSR count). The minimum absolute atomic E-state index is 0.154. The molecule has 0 fully saturated rings. The van der Waals surface area contributed by atoms with Crippen LogP contribution in [-0.4, -0.2) is 27.2 Å². The Hall–Kier alpha value is -2.76. The smallest absolute Gasteiger partial charge is 0.259 e. The van der Waals surface area contributed by atoms with Gasteiger partial charge < -0.3 is 4.90 Å². The van der Waals surface area contributed by atoms with Crippen molar-refractivity contribution in [2.24, 2.45) is 0 Å². The first kappa shape index (κ1) is 15.7. The van der Waals surface area contributed by atoms with Gasteiger partial charge in [0.2, 0.25) is 0 Å². The fraction of sp³-hybridized carbons (Fsp3) is 0.316. The Balaban J connectivity index is 1.73. The first-order valence-electron chi connectivity index (χ1n) is 8.48. The van der Waals surface area contributed by atoms with Crippen LogP contribution < -0.4 is 4.90 Å². The Kier molecular flexibility index (Phi) is 3.75. The number of pyridine rings is 1. The van der Waals surface area contributed by atoms with Crippen LogP contribution in [0.3, 0.4) is 0 Å². The van der Waals surface area contributed by atoms with Gasteiger partial charge in [0.1, 0.15) is 5.82 Å². The minimum atomic E-state index is -0.328. The van der Waals surface area contributed by atoms with Crippen LogP contribution in [0.4, 0.5) is 10.1 Å². The average molecular weight is 338 g/mol. The van der Waals surface area contributed by atoms with Gasteiger partial charge in [-0.2, -0.15) is 5.10 Å². The van der Waals surface area contributed by atoms with Crippen molar-refractivity contribution >= 4 is 22.6 Å². The van der Waals surface area contributed by atoms with Crippen molar-refractivity contribution in [3.05, 3.63) is 53.6 Å². The van der Waals surface area contributed by atoms with Crippen LogP contribution >= 0.6 is 0 Å². The van der Waals surface area contributed by atoms with Crippen molar-refractivity contribution in [1.29, 1.82) is 0 Å². The monoisotopic (exact) mass is 338 g/mol. The number of carbonyl (C=O) groups is 1. The number of hydrogen-bond donors (Lipinski definition) is 0. The molecule has 0 bridgehead atoms. The average Bonchev–Trinajstić information content (AvgIpc) is 3.04. The highest BCUT2D eigenvalue weighted by molar-refractivity contribution is 6.07. The van der Waals surface area contributed by atoms with Crippen molar-refractivity contribution in [3.8, 4) is 0 Å². The number of nitrogens with zero attached hydrogens (tertiary/aromatic N) is 4. The van der Waals surface area contributed by atoms with Gasteiger partial charge in [-0.3, -0.25) is 4.79 Å². The number of anilines is 1. The maximum atomic E-state index is 13.7. The predicted octanol–water partition coefficient (Wildman–Crippen LogP) is 3.74. The third-order valence-electron chi connectivity index (χ3n) is 4.58. The topological polar surface area (TPSA) is 51.0 Å². The molecule has 6 heteroatoms. The molecule has 128 valence electrons. The summed E-state index contributed by atoms with van der Waals surface area (Å²) in [5.74, 6) is -0.483. The van der Waals surface area contributed by atoms with Gasteiger partial charge in [-0.1, -0.05) is 6.07 Å². The molecule has 1 aliphatic heterocycles. The SMILES string of the molecule is CC(C)n1ncc2cc(C(=O)N3CCCc4ccc(F)cc43)cnc21. The number of aromatic nitrogens is 3. The van der Waals surface area contributed by atoms with E-state index in [1.807, 2.05) is 24.6 Å². The molecule has 0 saturated carbocycles. The van der Waals surface area contributed by atoms with Gasteiger partial charge in [0.25, 0.3) is 5.91 Å². The van der Waals surface area contributed by atoms with Gasteiger partial charge >= 0.3 is 0 Å². The van der Waals surface area contributed by atoms with Crippen LogP contribution in [0.15, 0.2) is 36.7 Å². The summed E-state index contributed by atoms with van der Waals surface area (Å²) in [6, 6.07) is 6.65. The Bertz CT molecular complexity index is 963. The second-order valence-electron chi connectivity index (χ2n) is 6.65. The van der Waals surface area contributed by atoms with Crippen molar-refractivity contribution in [1.82, 2.24) is 14.8 Å². The third kappa shape index (κ3) is 2.67. The minimum Gasteiger partial charge on any atom is -0.308 e. The third-order valence-corrected chi connectivity index (χ3v) is 4.58. The van der Waals surface area contributed by atoms with E-state index in [9.17, 15) is 9.18 Å². The Labute approximate surface area is 145 Å². The van der Waals surface area contributed by atoms with Crippen molar-refractivity contribution < 1.29 is 9.18 Å². The number of amides is 1. The number of hydrogen-bond acceptors (Lipinski definition) is 3. The van der Waals surface area contributed by atoms with Crippen molar-refractivity contribution in [3.63, 3.8) is 0 Å². The molecule has 0 N–H and O–H groups in total. The lowest BCUT2D eigenvalue weighted by molar-refractivity contribution is 0.0985. The Morgan fingerprint density at radius 1 is 1.24 bits per heavy atom. The Morgan fingerprint density at radius 2 is 2.08 bits per heavy atom. The highest BCUT2D eigenvalue weighted by Crippen LogP contribution is 2.29. The van der Waals surface area contributed by atoms with E-state index in [0.29, 0.717) is 17.8 Å². The molecular formula is C19H19FN4O. The molecular weight excluding hydrogens is 319 g/mol. The second kappa shape index (κ2) is 5.95. The fourth-order valence-electron chi connectivity index (χ4n) is 3.35. The van der Waals surface area contributed by atoms with Crippen LogP contribution in [0.5, 0.6) is 0 Å². The molecule has 1 aromatic carbocycles. The van der Waals surface area contributed by atoms with E-state index in [4.69, 9.17) is 0 Å². The zero-order valence-electron chi connectivity index (χ0n) is 14.2. The molecule has 3 heterocycles. The summed E-state index contributed by atoms with van der Waals surface area (Å²) >= 11 is 0. The van der Waals surface area contributed by atoms with E-state index in [0.717, 1.165) is 29.4 Å². The molecule has 2 aromatic heterocycles. The maximum absolute atomic E-state index is 13.7. The first-order chi connectivity index (χ1) is 12.0. The highest BCUT2D eigenvalue weighted by atomic mass is 19.1. The van der Waals surface area contributed by atoms with Gasteiger partial charge in [-0.25, -0.2) is 14.1 Å². The quantitative estimate of drug-likeness (QED) is 0.715. The van der Waals surface area contributed by atoms with Crippen LogP contribution in [-0.2, 0) is 6.42 Å². The molecule has 1 aliphatic rings. The molecule has 0 unspecified atom stereocenters. The van der Waals surface area contributed by atoms with Crippen molar-refractivity contribution in [2.75, 3.05) is 11.4 Å². The molecule has 0 atom stereocenters. The van der Waals surface area contributed by atoms with E-state index >= 15 is 0 Å². The number of halogens is 1. The van der Waals surface area contributed by atoms with Gasteiger partial charge in [0, 0.05) is 24.2 Å². The second-order valence-corrected chi connectivity index (χ2v) is 6.65. The number of benzene rings is 1. The fourth-order valence-corrected chi connectivity index (χ4v) is 3.35. The highest BCUT2D eigenvalue weighted by Gasteiger charge is 2.25. The molecule has 1 amide bonds.